The van der Waals surface area contributed by atoms with Crippen molar-refractivity contribution in [2.45, 2.75) is 108 Å². The third-order valence-corrected chi connectivity index (χ3v) is 12.9. The maximum absolute atomic E-state index is 14.1. The molecular formula is C38H52N6O7S2. The third-order valence-electron chi connectivity index (χ3n) is 10.3. The smallest absolute Gasteiger partial charge is 0.259 e. The molecule has 3 saturated carbocycles. The number of nitrogens with zero attached hydrogens (tertiary/aromatic N) is 3. The lowest BCUT2D eigenvalue weighted by molar-refractivity contribution is -0.134. The number of pyridine rings is 1. The van der Waals surface area contributed by atoms with Gasteiger partial charge in [-0.25, -0.2) is 18.4 Å². The molecular weight excluding hydrogens is 717 g/mol. The topological polar surface area (TPSA) is 172 Å². The van der Waals surface area contributed by atoms with E-state index >= 15 is 0 Å². The number of unbranched alkanes of at least 4 members (excludes halogenated alkanes) is 2. The van der Waals surface area contributed by atoms with Crippen molar-refractivity contribution < 1.29 is 32.6 Å². The van der Waals surface area contributed by atoms with Crippen molar-refractivity contribution in [3.63, 3.8) is 0 Å². The number of allylic oxidation sites excluding steroid dienone is 2. The summed E-state index contributed by atoms with van der Waals surface area (Å²) >= 11 is 1.49. The normalized spacial score (nSPS) is 21.6. The van der Waals surface area contributed by atoms with Crippen molar-refractivity contribution in [3.8, 4) is 23.0 Å². The van der Waals surface area contributed by atoms with E-state index < -0.39 is 56.8 Å². The van der Waals surface area contributed by atoms with Crippen LogP contribution in [0.4, 0.5) is 5.13 Å². The minimum Gasteiger partial charge on any atom is -0.497 e. The number of aromatic nitrogens is 2. The fourth-order valence-electron chi connectivity index (χ4n) is 6.96. The van der Waals surface area contributed by atoms with Crippen LogP contribution in [0, 0.1) is 11.8 Å². The van der Waals surface area contributed by atoms with Crippen molar-refractivity contribution in [2.75, 3.05) is 26.0 Å². The second kappa shape index (κ2) is 16.3. The Morgan fingerprint density at radius 2 is 1.91 bits per heavy atom. The highest BCUT2D eigenvalue weighted by Crippen LogP contribution is 2.43. The molecule has 3 aromatic rings. The Balaban J connectivity index is 1.25. The molecule has 2 amide bonds. The molecule has 2 heterocycles. The molecule has 15 heteroatoms. The molecule has 0 saturated heterocycles. The quantitative estimate of drug-likeness (QED) is 0.0761. The van der Waals surface area contributed by atoms with Gasteiger partial charge >= 0.3 is 0 Å². The number of carbonyl (C=O) groups excluding carboxylic acids is 2. The summed E-state index contributed by atoms with van der Waals surface area (Å²) in [4.78, 5) is 38.9. The van der Waals surface area contributed by atoms with Crippen LogP contribution in [0.1, 0.15) is 78.6 Å². The molecule has 0 bridgehead atoms. The Kier molecular flexibility index (Phi) is 12.0. The standard InChI is InChI=1S/C38H52N6O7S2/c1-6-7-8-9-10-17-44(4)35(46)30-21-26(20-29(30)33(45)42-38(15-16-38)36(47)43-53(48,49)27-12-13-27)51-34-28-14-11-25(50-5)18-24(28)19-31(40-34)32-22-52-37(41-32)39-23(2)3/h6-7,11,14,18-19,22-23,26-27,29-30,35,46H,8-10,12-13,15-17,20-21H2,1-5H3,(H,39,41)(H,42,45)(H,43,47)/b7-6-/t26-,29-,30-,35?/m1/s1. The summed E-state index contributed by atoms with van der Waals surface area (Å²) in [6.07, 6.45) is 7.85. The number of rotatable bonds is 18. The predicted octanol–water partition coefficient (Wildman–Crippen LogP) is 5.21. The summed E-state index contributed by atoms with van der Waals surface area (Å²) in [6.45, 7) is 6.73. The van der Waals surface area contributed by atoms with Crippen molar-refractivity contribution in [3.05, 3.63) is 41.8 Å². The first-order valence-electron chi connectivity index (χ1n) is 18.6. The number of ether oxygens (including phenoxy) is 2. The first kappa shape index (κ1) is 38.9. The molecule has 1 unspecified atom stereocenters. The van der Waals surface area contributed by atoms with E-state index in [0.717, 1.165) is 35.2 Å². The molecule has 2 aromatic heterocycles. The number of benzene rings is 1. The lowest BCUT2D eigenvalue weighted by Gasteiger charge is -2.32. The van der Waals surface area contributed by atoms with Crippen LogP contribution in [0.2, 0.25) is 0 Å². The van der Waals surface area contributed by atoms with E-state index in [1.165, 1.54) is 11.3 Å². The van der Waals surface area contributed by atoms with Crippen LogP contribution in [-0.2, 0) is 19.6 Å². The van der Waals surface area contributed by atoms with Gasteiger partial charge in [0.1, 0.15) is 29.3 Å². The van der Waals surface area contributed by atoms with Gasteiger partial charge in [-0.2, -0.15) is 0 Å². The van der Waals surface area contributed by atoms with Crippen LogP contribution >= 0.6 is 11.3 Å². The van der Waals surface area contributed by atoms with Crippen molar-refractivity contribution in [2.24, 2.45) is 11.8 Å². The number of hydrogen-bond acceptors (Lipinski definition) is 12. The number of thiazole rings is 1. The number of methoxy groups -OCH3 is 1. The van der Waals surface area contributed by atoms with Crippen LogP contribution in [0.25, 0.3) is 22.2 Å². The number of anilines is 1. The summed E-state index contributed by atoms with van der Waals surface area (Å²) < 4.78 is 39.5. The molecule has 1 aromatic carbocycles. The second-order valence-electron chi connectivity index (χ2n) is 14.9. The highest BCUT2D eigenvalue weighted by atomic mass is 32.2. The largest absolute Gasteiger partial charge is 0.497 e. The van der Waals surface area contributed by atoms with Gasteiger partial charge < -0.3 is 25.2 Å². The highest BCUT2D eigenvalue weighted by Gasteiger charge is 2.55. The third kappa shape index (κ3) is 9.30. The second-order valence-corrected chi connectivity index (χ2v) is 17.7. The van der Waals surface area contributed by atoms with Gasteiger partial charge in [-0.1, -0.05) is 12.2 Å². The lowest BCUT2D eigenvalue weighted by Crippen LogP contribution is -2.53. The van der Waals surface area contributed by atoms with Gasteiger partial charge in [-0.15, -0.1) is 11.3 Å². The number of carbonyl (C=O) groups is 2. The average molecular weight is 769 g/mol. The molecule has 288 valence electrons. The zero-order valence-corrected chi connectivity index (χ0v) is 32.8. The highest BCUT2D eigenvalue weighted by molar-refractivity contribution is 7.91. The van der Waals surface area contributed by atoms with Crippen molar-refractivity contribution in [1.29, 1.82) is 0 Å². The van der Waals surface area contributed by atoms with Gasteiger partial charge in [0.05, 0.1) is 18.1 Å². The summed E-state index contributed by atoms with van der Waals surface area (Å²) in [6, 6.07) is 7.82. The molecule has 6 rings (SSSR count). The number of aliphatic hydroxyl groups is 1. The molecule has 3 fully saturated rings. The van der Waals surface area contributed by atoms with Gasteiger partial charge in [0.15, 0.2) is 5.13 Å². The summed E-state index contributed by atoms with van der Waals surface area (Å²) in [5.41, 5.74) is 0.0318. The van der Waals surface area contributed by atoms with Crippen molar-refractivity contribution >= 4 is 49.1 Å². The molecule has 0 aliphatic heterocycles. The Labute approximate surface area is 316 Å². The van der Waals surface area contributed by atoms with Gasteiger partial charge in [0, 0.05) is 35.2 Å². The van der Waals surface area contributed by atoms with E-state index in [0.29, 0.717) is 61.7 Å². The lowest BCUT2D eigenvalue weighted by atomic mass is 9.92. The Hall–Kier alpha value is -3.79. The number of sulfonamides is 1. The van der Waals surface area contributed by atoms with E-state index in [1.54, 1.807) is 7.11 Å². The molecule has 0 radical (unpaired) electrons. The van der Waals surface area contributed by atoms with Gasteiger partial charge in [0.2, 0.25) is 21.8 Å². The monoisotopic (exact) mass is 768 g/mol. The van der Waals surface area contributed by atoms with Crippen LogP contribution in [0.5, 0.6) is 11.6 Å². The molecule has 3 aliphatic carbocycles. The maximum Gasteiger partial charge on any atom is 0.259 e. The predicted molar refractivity (Wildman–Crippen MR) is 206 cm³/mol. The first-order valence-corrected chi connectivity index (χ1v) is 21.0. The first-order chi connectivity index (χ1) is 25.3. The van der Waals surface area contributed by atoms with Gasteiger partial charge in [0.25, 0.3) is 5.91 Å². The number of amides is 2. The molecule has 0 spiro atoms. The fourth-order valence-corrected chi connectivity index (χ4v) is 9.19. The maximum atomic E-state index is 14.1. The van der Waals surface area contributed by atoms with E-state index in [1.807, 2.05) is 54.6 Å². The van der Waals surface area contributed by atoms with Crippen LogP contribution < -0.4 is 24.8 Å². The fraction of sp³-hybridized carbons (Fsp3) is 0.579. The SMILES string of the molecule is C/C=C\CCCCN(C)C(O)[C@@H]1C[C@H](Oc2nc(-c3csc(NC(C)C)n3)cc3cc(OC)ccc23)C[C@H]1C(=O)NC1(C(=O)NS(=O)(=O)C2CC2)CC1. The van der Waals surface area contributed by atoms with E-state index in [2.05, 4.69) is 35.3 Å². The minimum absolute atomic E-state index is 0.217. The Bertz CT molecular complexity index is 1920. The zero-order chi connectivity index (χ0) is 37.9. The minimum atomic E-state index is -3.77. The van der Waals surface area contributed by atoms with Crippen LogP contribution in [0.15, 0.2) is 41.8 Å². The molecule has 4 atom stereocenters. The number of hydrogen-bond donors (Lipinski definition) is 4. The number of aliphatic hydroxyl groups excluding tert-OH is 1. The molecule has 4 N–H and O–H groups in total. The summed E-state index contributed by atoms with van der Waals surface area (Å²) in [5.74, 6) is -1.27. The van der Waals surface area contributed by atoms with Crippen molar-refractivity contribution in [1.82, 2.24) is 24.9 Å². The molecule has 53 heavy (non-hydrogen) atoms. The van der Waals surface area contributed by atoms with Gasteiger partial charge in [-0.05, 0) is 115 Å². The molecule has 3 aliphatic rings. The number of nitrogens with one attached hydrogen (secondary N) is 3. The molecule has 13 nitrogen and oxygen atoms in total. The van der Waals surface area contributed by atoms with E-state index in [9.17, 15) is 23.1 Å². The zero-order valence-electron chi connectivity index (χ0n) is 31.1. The van der Waals surface area contributed by atoms with E-state index in [-0.39, 0.29) is 12.5 Å². The average Bonchev–Trinajstić information content (AvgIpc) is 4.04. The van der Waals surface area contributed by atoms with Crippen LogP contribution in [0.3, 0.4) is 0 Å². The van der Waals surface area contributed by atoms with E-state index in [4.69, 9.17) is 19.4 Å². The number of fused-ring (bicyclic) bond motifs is 1. The Morgan fingerprint density at radius 3 is 2.58 bits per heavy atom. The summed E-state index contributed by atoms with van der Waals surface area (Å²) in [7, 11) is -0.309. The Morgan fingerprint density at radius 1 is 1.13 bits per heavy atom. The van der Waals surface area contributed by atoms with Crippen LogP contribution in [-0.4, -0.2) is 90.1 Å². The summed E-state index contributed by atoms with van der Waals surface area (Å²) in [5, 5.41) is 21.7. The van der Waals surface area contributed by atoms with Gasteiger partial charge in [-0.3, -0.25) is 19.2 Å².